The molecule has 3 rings (SSSR count). The van der Waals surface area contributed by atoms with E-state index in [1.54, 1.807) is 12.1 Å². The Morgan fingerprint density at radius 2 is 1.75 bits per heavy atom. The van der Waals surface area contributed by atoms with Crippen LogP contribution in [0.3, 0.4) is 0 Å². The fourth-order valence-electron chi connectivity index (χ4n) is 2.86. The van der Waals surface area contributed by atoms with Crippen molar-refractivity contribution in [3.63, 3.8) is 0 Å². The number of halogens is 1. The fraction of sp³-hybridized carbons (Fsp3) is 0.100. The highest BCUT2D eigenvalue weighted by Gasteiger charge is 2.12. The lowest BCUT2D eigenvalue weighted by Gasteiger charge is -2.10. The van der Waals surface area contributed by atoms with Crippen LogP contribution in [0, 0.1) is 24.0 Å². The summed E-state index contributed by atoms with van der Waals surface area (Å²) in [5, 5.41) is 15.2. The topological polar surface area (TPSA) is 89.5 Å². The number of nitro groups is 1. The van der Waals surface area contributed by atoms with Crippen molar-refractivity contribution < 1.29 is 9.72 Å². The van der Waals surface area contributed by atoms with Gasteiger partial charge in [0.1, 0.15) is 0 Å². The molecule has 8 heteroatoms. The van der Waals surface area contributed by atoms with Crippen LogP contribution in [0.4, 0.5) is 5.69 Å². The first-order chi connectivity index (χ1) is 13.4. The zero-order chi connectivity index (χ0) is 20.3. The van der Waals surface area contributed by atoms with E-state index in [9.17, 15) is 14.9 Å². The molecule has 0 aliphatic carbocycles. The molecule has 0 bridgehead atoms. The van der Waals surface area contributed by atoms with Gasteiger partial charge in [-0.1, -0.05) is 11.6 Å². The SMILES string of the molecule is Cc1ccc(C)n1-c1ccc(C(=O)NN=Cc2cc(Cl)ccc2[N+](=O)[O-])cc1. The normalized spacial score (nSPS) is 11.0. The summed E-state index contributed by atoms with van der Waals surface area (Å²) in [4.78, 5) is 22.8. The molecule has 0 radical (unpaired) electrons. The molecule has 0 saturated carbocycles. The molecular formula is C20H17ClN4O3. The van der Waals surface area contributed by atoms with Crippen LogP contribution < -0.4 is 5.43 Å². The molecule has 3 aromatic rings. The Labute approximate surface area is 166 Å². The second-order valence-electron chi connectivity index (χ2n) is 6.16. The molecule has 0 spiro atoms. The van der Waals surface area contributed by atoms with Crippen molar-refractivity contribution in [2.24, 2.45) is 5.10 Å². The van der Waals surface area contributed by atoms with Crippen LogP contribution in [0.25, 0.3) is 5.69 Å². The van der Waals surface area contributed by atoms with E-state index >= 15 is 0 Å². The average molecular weight is 397 g/mol. The van der Waals surface area contributed by atoms with Crippen LogP contribution in [0.5, 0.6) is 0 Å². The summed E-state index contributed by atoms with van der Waals surface area (Å²) in [5.74, 6) is -0.423. The number of aryl methyl sites for hydroxylation is 2. The van der Waals surface area contributed by atoms with Gasteiger partial charge in [-0.3, -0.25) is 14.9 Å². The van der Waals surface area contributed by atoms with Crippen molar-refractivity contribution in [2.45, 2.75) is 13.8 Å². The van der Waals surface area contributed by atoms with E-state index in [1.165, 1.54) is 24.4 Å². The van der Waals surface area contributed by atoms with E-state index in [4.69, 9.17) is 11.6 Å². The lowest BCUT2D eigenvalue weighted by molar-refractivity contribution is -0.385. The number of hydrogen-bond donors (Lipinski definition) is 1. The highest BCUT2D eigenvalue weighted by atomic mass is 35.5. The first-order valence-corrected chi connectivity index (χ1v) is 8.77. The maximum atomic E-state index is 12.3. The number of carbonyl (C=O) groups excluding carboxylic acids is 1. The van der Waals surface area contributed by atoms with Crippen LogP contribution in [-0.2, 0) is 0 Å². The lowest BCUT2D eigenvalue weighted by atomic mass is 10.2. The molecule has 7 nitrogen and oxygen atoms in total. The van der Waals surface area contributed by atoms with E-state index in [2.05, 4.69) is 15.1 Å². The first kappa shape index (κ1) is 19.3. The molecule has 28 heavy (non-hydrogen) atoms. The Morgan fingerprint density at radius 1 is 1.11 bits per heavy atom. The summed E-state index contributed by atoms with van der Waals surface area (Å²) >= 11 is 5.86. The predicted octanol–water partition coefficient (Wildman–Crippen LogP) is 4.42. The van der Waals surface area contributed by atoms with Gasteiger partial charge < -0.3 is 4.57 Å². The van der Waals surface area contributed by atoms with E-state index in [0.717, 1.165) is 17.1 Å². The molecule has 142 valence electrons. The number of rotatable bonds is 5. The maximum absolute atomic E-state index is 12.3. The van der Waals surface area contributed by atoms with Crippen LogP contribution in [-0.4, -0.2) is 21.6 Å². The molecule has 0 fully saturated rings. The third-order valence-electron chi connectivity index (χ3n) is 4.21. The number of carbonyl (C=O) groups is 1. The van der Waals surface area contributed by atoms with E-state index in [-0.39, 0.29) is 11.3 Å². The number of nitrogens with one attached hydrogen (secondary N) is 1. The van der Waals surface area contributed by atoms with Gasteiger partial charge in [-0.15, -0.1) is 0 Å². The molecule has 0 aliphatic rings. The molecule has 1 aromatic heterocycles. The van der Waals surface area contributed by atoms with Gasteiger partial charge in [0.15, 0.2) is 0 Å². The zero-order valence-electron chi connectivity index (χ0n) is 15.2. The third kappa shape index (κ3) is 4.10. The van der Waals surface area contributed by atoms with Crippen molar-refractivity contribution in [3.8, 4) is 5.69 Å². The van der Waals surface area contributed by atoms with Crippen LogP contribution in [0.1, 0.15) is 27.3 Å². The first-order valence-electron chi connectivity index (χ1n) is 8.39. The maximum Gasteiger partial charge on any atom is 0.278 e. The molecule has 0 unspecified atom stereocenters. The minimum absolute atomic E-state index is 0.149. The van der Waals surface area contributed by atoms with E-state index in [0.29, 0.717) is 10.6 Å². The molecule has 1 N–H and O–H groups in total. The predicted molar refractivity (Wildman–Crippen MR) is 108 cm³/mol. The van der Waals surface area contributed by atoms with Gasteiger partial charge in [-0.25, -0.2) is 5.43 Å². The monoisotopic (exact) mass is 396 g/mol. The van der Waals surface area contributed by atoms with Crippen molar-refractivity contribution in [2.75, 3.05) is 0 Å². The molecule has 1 amide bonds. The van der Waals surface area contributed by atoms with Crippen molar-refractivity contribution in [1.29, 1.82) is 0 Å². The summed E-state index contributed by atoms with van der Waals surface area (Å²) in [7, 11) is 0. The average Bonchev–Trinajstić information content (AvgIpc) is 3.00. The Bertz CT molecular complexity index is 1050. The van der Waals surface area contributed by atoms with Gasteiger partial charge in [-0.05, 0) is 62.4 Å². The minimum Gasteiger partial charge on any atom is -0.319 e. The third-order valence-corrected chi connectivity index (χ3v) is 4.45. The standard InChI is InChI=1S/C20H17ClN4O3/c1-13-3-4-14(2)24(13)18-8-5-15(6-9-18)20(26)23-22-12-16-11-17(21)7-10-19(16)25(27)28/h3-12H,1-2H3,(H,23,26). The minimum atomic E-state index is -0.538. The van der Waals surface area contributed by atoms with Crippen LogP contribution >= 0.6 is 11.6 Å². The second-order valence-corrected chi connectivity index (χ2v) is 6.59. The summed E-state index contributed by atoms with van der Waals surface area (Å²) in [6.45, 7) is 4.02. The summed E-state index contributed by atoms with van der Waals surface area (Å²) in [5.41, 5.74) is 5.99. The van der Waals surface area contributed by atoms with Gasteiger partial charge in [0.25, 0.3) is 11.6 Å². The highest BCUT2D eigenvalue weighted by Crippen LogP contribution is 2.21. The number of nitrogens with zero attached hydrogens (tertiary/aromatic N) is 3. The lowest BCUT2D eigenvalue weighted by Crippen LogP contribution is -2.17. The quantitative estimate of drug-likeness (QED) is 0.393. The number of amides is 1. The Hall–Kier alpha value is -3.45. The number of hydrazone groups is 1. The Kier molecular flexibility index (Phi) is 5.56. The summed E-state index contributed by atoms with van der Waals surface area (Å²) < 4.78 is 2.08. The Morgan fingerprint density at radius 3 is 2.36 bits per heavy atom. The van der Waals surface area contributed by atoms with Crippen LogP contribution in [0.2, 0.25) is 5.02 Å². The van der Waals surface area contributed by atoms with Crippen molar-refractivity contribution in [1.82, 2.24) is 9.99 Å². The molecule has 1 heterocycles. The van der Waals surface area contributed by atoms with Gasteiger partial charge in [0.2, 0.25) is 0 Å². The summed E-state index contributed by atoms with van der Waals surface area (Å²) in [6, 6.07) is 15.3. The molecule has 0 atom stereocenters. The molecular weight excluding hydrogens is 380 g/mol. The number of nitro benzene ring substituents is 1. The van der Waals surface area contributed by atoms with Crippen LogP contribution in [0.15, 0.2) is 59.7 Å². The highest BCUT2D eigenvalue weighted by molar-refractivity contribution is 6.31. The smallest absolute Gasteiger partial charge is 0.278 e. The van der Waals surface area contributed by atoms with Gasteiger partial charge in [0, 0.05) is 33.7 Å². The van der Waals surface area contributed by atoms with Crippen molar-refractivity contribution in [3.05, 3.63) is 92.2 Å². The molecule has 2 aromatic carbocycles. The molecule has 0 saturated heterocycles. The molecule has 0 aliphatic heterocycles. The second kappa shape index (κ2) is 8.06. The van der Waals surface area contributed by atoms with Crippen molar-refractivity contribution >= 4 is 29.4 Å². The number of aromatic nitrogens is 1. The van der Waals surface area contributed by atoms with Gasteiger partial charge >= 0.3 is 0 Å². The van der Waals surface area contributed by atoms with Gasteiger partial charge in [-0.2, -0.15) is 5.10 Å². The summed E-state index contributed by atoms with van der Waals surface area (Å²) in [6.07, 6.45) is 1.20. The number of hydrogen-bond acceptors (Lipinski definition) is 4. The fourth-order valence-corrected chi connectivity index (χ4v) is 3.04. The Balaban J connectivity index is 1.73. The van der Waals surface area contributed by atoms with E-state index < -0.39 is 10.8 Å². The largest absolute Gasteiger partial charge is 0.319 e. The number of benzene rings is 2. The van der Waals surface area contributed by atoms with E-state index in [1.807, 2.05) is 38.1 Å². The van der Waals surface area contributed by atoms with Gasteiger partial charge in [0.05, 0.1) is 16.7 Å². The zero-order valence-corrected chi connectivity index (χ0v) is 16.0.